The number of nitrogens with one attached hydrogen (secondary N) is 2. The molecule has 3 aromatic rings. The maximum absolute atomic E-state index is 13.9. The predicted molar refractivity (Wildman–Crippen MR) is 109 cm³/mol. The third kappa shape index (κ3) is 4.66. The lowest BCUT2D eigenvalue weighted by atomic mass is 10.1. The number of aryl methyl sites for hydroxylation is 1. The third-order valence-electron chi connectivity index (χ3n) is 3.68. The maximum atomic E-state index is 13.9. The van der Waals surface area contributed by atoms with E-state index in [1.54, 1.807) is 29.6 Å². The van der Waals surface area contributed by atoms with Crippen molar-refractivity contribution in [3.63, 3.8) is 0 Å². The number of methoxy groups -OCH3 is 1. The van der Waals surface area contributed by atoms with Gasteiger partial charge < -0.3 is 10.1 Å². The van der Waals surface area contributed by atoms with Gasteiger partial charge in [0.15, 0.2) is 21.8 Å². The number of aromatic nitrogens is 1. The number of carbonyl (C=O) groups is 1. The number of hydrogen-bond acceptors (Lipinski definition) is 5. The molecule has 0 bridgehead atoms. The Bertz CT molecular complexity index is 1000. The number of hydrogen-bond donors (Lipinski definition) is 2. The monoisotopic (exact) mass is 401 g/mol. The maximum Gasteiger partial charge on any atom is 0.257 e. The lowest BCUT2D eigenvalue weighted by Crippen LogP contribution is -2.34. The summed E-state index contributed by atoms with van der Waals surface area (Å²) in [6.07, 6.45) is 0. The standard InChI is InChI=1S/C19H16FN3O2S2/c1-11-4-3-5-13(8-11)17(24)22-18(26)23-19-21-15(10-27-19)12-6-7-16(25-2)14(20)9-12/h3-10H,1-2H3,(H2,21,22,23,24,26). The molecule has 138 valence electrons. The van der Waals surface area contributed by atoms with Crippen LogP contribution in [0.3, 0.4) is 0 Å². The fourth-order valence-corrected chi connectivity index (χ4v) is 3.36. The molecule has 0 aliphatic rings. The zero-order chi connectivity index (χ0) is 19.4. The number of thiocarbonyl (C=S) groups is 1. The number of nitrogens with zero attached hydrogens (tertiary/aromatic N) is 1. The highest BCUT2D eigenvalue weighted by Crippen LogP contribution is 2.28. The average Bonchev–Trinajstić information content (AvgIpc) is 3.09. The Kier molecular flexibility index (Phi) is 5.78. The summed E-state index contributed by atoms with van der Waals surface area (Å²) in [5, 5.41) is 7.90. The fraction of sp³-hybridized carbons (Fsp3) is 0.105. The minimum atomic E-state index is -0.460. The van der Waals surface area contributed by atoms with Crippen LogP contribution in [-0.4, -0.2) is 23.1 Å². The molecule has 0 unspecified atom stereocenters. The van der Waals surface area contributed by atoms with Gasteiger partial charge in [0.1, 0.15) is 0 Å². The predicted octanol–water partition coefficient (Wildman–Crippen LogP) is 4.39. The van der Waals surface area contributed by atoms with E-state index in [0.717, 1.165) is 5.56 Å². The molecule has 0 atom stereocenters. The van der Waals surface area contributed by atoms with Gasteiger partial charge >= 0.3 is 0 Å². The Morgan fingerprint density at radius 3 is 2.78 bits per heavy atom. The van der Waals surface area contributed by atoms with Crippen molar-refractivity contribution in [2.45, 2.75) is 6.92 Å². The van der Waals surface area contributed by atoms with Crippen LogP contribution in [0.5, 0.6) is 5.75 Å². The van der Waals surface area contributed by atoms with Crippen molar-refractivity contribution < 1.29 is 13.9 Å². The minimum absolute atomic E-state index is 0.142. The highest BCUT2D eigenvalue weighted by atomic mass is 32.1. The number of amides is 1. The smallest absolute Gasteiger partial charge is 0.257 e. The molecular formula is C19H16FN3O2S2. The van der Waals surface area contributed by atoms with Crippen LogP contribution < -0.4 is 15.4 Å². The van der Waals surface area contributed by atoms with Gasteiger partial charge in [-0.25, -0.2) is 9.37 Å². The van der Waals surface area contributed by atoms with Crippen molar-refractivity contribution in [3.05, 3.63) is 64.8 Å². The van der Waals surface area contributed by atoms with Crippen LogP contribution in [0.25, 0.3) is 11.3 Å². The van der Waals surface area contributed by atoms with Crippen LogP contribution in [0.1, 0.15) is 15.9 Å². The van der Waals surface area contributed by atoms with Crippen molar-refractivity contribution in [2.75, 3.05) is 12.4 Å². The van der Waals surface area contributed by atoms with E-state index in [1.165, 1.54) is 24.5 Å². The molecule has 0 fully saturated rings. The Morgan fingerprint density at radius 1 is 1.26 bits per heavy atom. The van der Waals surface area contributed by atoms with Crippen LogP contribution in [0.15, 0.2) is 47.8 Å². The zero-order valence-corrected chi connectivity index (χ0v) is 16.2. The van der Waals surface area contributed by atoms with E-state index in [9.17, 15) is 9.18 Å². The number of halogens is 1. The number of benzene rings is 2. The van der Waals surface area contributed by atoms with E-state index >= 15 is 0 Å². The second-order valence-corrected chi connectivity index (χ2v) is 6.93. The Labute approximate surface area is 165 Å². The van der Waals surface area contributed by atoms with Crippen molar-refractivity contribution in [1.82, 2.24) is 10.3 Å². The number of anilines is 1. The van der Waals surface area contributed by atoms with Gasteiger partial charge in [0.05, 0.1) is 12.8 Å². The van der Waals surface area contributed by atoms with Crippen LogP contribution >= 0.6 is 23.6 Å². The summed E-state index contributed by atoms with van der Waals surface area (Å²) in [6, 6.07) is 11.8. The van der Waals surface area contributed by atoms with E-state index in [2.05, 4.69) is 15.6 Å². The van der Waals surface area contributed by atoms with Crippen LogP contribution in [0, 0.1) is 12.7 Å². The summed E-state index contributed by atoms with van der Waals surface area (Å²) >= 11 is 6.47. The van der Waals surface area contributed by atoms with Gasteiger partial charge in [0.2, 0.25) is 0 Å². The molecule has 1 aromatic heterocycles. The molecule has 0 aliphatic heterocycles. The summed E-state index contributed by atoms with van der Waals surface area (Å²) in [5.41, 5.74) is 2.72. The quantitative estimate of drug-likeness (QED) is 0.635. The van der Waals surface area contributed by atoms with Gasteiger partial charge in [-0.1, -0.05) is 17.7 Å². The van der Waals surface area contributed by atoms with Gasteiger partial charge in [-0.3, -0.25) is 10.1 Å². The first-order valence-corrected chi connectivity index (χ1v) is 9.23. The Morgan fingerprint density at radius 2 is 2.07 bits per heavy atom. The van der Waals surface area contributed by atoms with Crippen molar-refractivity contribution in [1.29, 1.82) is 0 Å². The van der Waals surface area contributed by atoms with E-state index in [4.69, 9.17) is 17.0 Å². The molecule has 3 rings (SSSR count). The SMILES string of the molecule is COc1ccc(-c2csc(NC(=S)NC(=O)c3cccc(C)c3)n2)cc1F. The molecule has 2 aromatic carbocycles. The van der Waals surface area contributed by atoms with Gasteiger partial charge in [0.25, 0.3) is 5.91 Å². The first-order valence-electron chi connectivity index (χ1n) is 7.94. The average molecular weight is 401 g/mol. The molecule has 8 heteroatoms. The molecule has 0 aliphatic carbocycles. The van der Waals surface area contributed by atoms with E-state index in [-0.39, 0.29) is 16.8 Å². The van der Waals surface area contributed by atoms with Crippen LogP contribution in [0.2, 0.25) is 0 Å². The summed E-state index contributed by atoms with van der Waals surface area (Å²) in [4.78, 5) is 16.6. The highest BCUT2D eigenvalue weighted by Gasteiger charge is 2.11. The molecular weight excluding hydrogens is 385 g/mol. The van der Waals surface area contributed by atoms with Crippen molar-refractivity contribution in [2.24, 2.45) is 0 Å². The van der Waals surface area contributed by atoms with Crippen molar-refractivity contribution >= 4 is 39.7 Å². The molecule has 0 radical (unpaired) electrons. The Balaban J connectivity index is 1.66. The lowest BCUT2D eigenvalue weighted by molar-refractivity contribution is 0.0977. The highest BCUT2D eigenvalue weighted by molar-refractivity contribution is 7.80. The summed E-state index contributed by atoms with van der Waals surface area (Å²) in [6.45, 7) is 1.91. The van der Waals surface area contributed by atoms with E-state index in [1.807, 2.05) is 19.1 Å². The van der Waals surface area contributed by atoms with Gasteiger partial charge in [-0.15, -0.1) is 11.3 Å². The summed E-state index contributed by atoms with van der Waals surface area (Å²) in [7, 11) is 1.41. The second kappa shape index (κ2) is 8.24. The normalized spacial score (nSPS) is 10.3. The number of rotatable bonds is 4. The zero-order valence-electron chi connectivity index (χ0n) is 14.6. The molecule has 0 spiro atoms. The lowest BCUT2D eigenvalue weighted by Gasteiger charge is -2.07. The summed E-state index contributed by atoms with van der Waals surface area (Å²) in [5.74, 6) is -0.587. The first kappa shape index (κ1) is 18.9. The summed E-state index contributed by atoms with van der Waals surface area (Å²) < 4.78 is 18.8. The molecule has 5 nitrogen and oxygen atoms in total. The second-order valence-electron chi connectivity index (χ2n) is 5.66. The van der Waals surface area contributed by atoms with Crippen LogP contribution in [0.4, 0.5) is 9.52 Å². The largest absolute Gasteiger partial charge is 0.494 e. The third-order valence-corrected chi connectivity index (χ3v) is 4.64. The first-order chi connectivity index (χ1) is 13.0. The number of ether oxygens (including phenoxy) is 1. The molecule has 1 heterocycles. The molecule has 1 amide bonds. The fourth-order valence-electron chi connectivity index (χ4n) is 2.38. The van der Waals surface area contributed by atoms with Crippen LogP contribution in [-0.2, 0) is 0 Å². The van der Waals surface area contributed by atoms with Gasteiger partial charge in [0, 0.05) is 16.5 Å². The van der Waals surface area contributed by atoms with E-state index < -0.39 is 5.82 Å². The Hall–Kier alpha value is -2.84. The molecule has 2 N–H and O–H groups in total. The van der Waals surface area contributed by atoms with Gasteiger partial charge in [-0.2, -0.15) is 0 Å². The number of thiazole rings is 1. The molecule has 27 heavy (non-hydrogen) atoms. The minimum Gasteiger partial charge on any atom is -0.494 e. The number of carbonyl (C=O) groups excluding carboxylic acids is 1. The topological polar surface area (TPSA) is 63.2 Å². The molecule has 0 saturated heterocycles. The van der Waals surface area contributed by atoms with Gasteiger partial charge in [-0.05, 0) is 49.5 Å². The molecule has 0 saturated carbocycles. The van der Waals surface area contributed by atoms with E-state index in [0.29, 0.717) is 22.0 Å². The van der Waals surface area contributed by atoms with Crippen molar-refractivity contribution in [3.8, 4) is 17.0 Å².